The maximum absolute atomic E-state index is 14.4. The van der Waals surface area contributed by atoms with Crippen molar-refractivity contribution in [2.45, 2.75) is 38.4 Å². The first-order valence-electron chi connectivity index (χ1n) is 11.5. The molecule has 186 valence electrons. The van der Waals surface area contributed by atoms with Gasteiger partial charge in [0.15, 0.2) is 5.65 Å². The molecule has 0 spiro atoms. The van der Waals surface area contributed by atoms with Gasteiger partial charge in [0.1, 0.15) is 5.52 Å². The van der Waals surface area contributed by atoms with Crippen LogP contribution in [0.1, 0.15) is 41.1 Å². The van der Waals surface area contributed by atoms with Crippen LogP contribution in [0.15, 0.2) is 53.8 Å². The molecule has 0 atom stereocenters. The van der Waals surface area contributed by atoms with Gasteiger partial charge >= 0.3 is 6.18 Å². The number of rotatable bonds is 4. The fourth-order valence-corrected chi connectivity index (χ4v) is 4.83. The molecule has 5 heterocycles. The highest BCUT2D eigenvalue weighted by Crippen LogP contribution is 2.33. The Balaban J connectivity index is 1.51. The molecule has 0 N–H and O–H groups in total. The molecule has 0 aliphatic carbocycles. The van der Waals surface area contributed by atoms with E-state index in [4.69, 9.17) is 0 Å². The average Bonchev–Trinajstić information content (AvgIpc) is 2.86. The van der Waals surface area contributed by atoms with E-state index >= 15 is 0 Å². The molecule has 0 radical (unpaired) electrons. The standard InChI is InChI=1S/C25H22F4N6O/c1-15-4-8-32-22(26)21(15)34-11-5-16(6-12-34)17-13-19-23(33-10-9-31-19)35(24(17)36)14-20-18(25(27,28)29)3-2-7-30-20/h2-4,7-10,13,16H,5-6,11-12,14H2,1H3. The van der Waals surface area contributed by atoms with Gasteiger partial charge in [0.2, 0.25) is 5.95 Å². The minimum atomic E-state index is -4.61. The third-order valence-electron chi connectivity index (χ3n) is 6.58. The van der Waals surface area contributed by atoms with E-state index in [1.807, 2.05) is 11.8 Å². The van der Waals surface area contributed by atoms with Gasteiger partial charge < -0.3 is 4.90 Å². The van der Waals surface area contributed by atoms with Crippen molar-refractivity contribution in [1.29, 1.82) is 0 Å². The highest BCUT2D eigenvalue weighted by molar-refractivity contribution is 5.71. The Hall–Kier alpha value is -3.89. The summed E-state index contributed by atoms with van der Waals surface area (Å²) in [6, 6.07) is 5.57. The molecular weight excluding hydrogens is 476 g/mol. The molecular formula is C25H22F4N6O. The molecule has 4 aromatic heterocycles. The highest BCUT2D eigenvalue weighted by Gasteiger charge is 2.34. The van der Waals surface area contributed by atoms with Gasteiger partial charge in [-0.3, -0.25) is 19.3 Å². The first-order chi connectivity index (χ1) is 17.2. The Kier molecular flexibility index (Phi) is 6.15. The third kappa shape index (κ3) is 4.40. The second kappa shape index (κ2) is 9.29. The molecule has 7 nitrogen and oxygen atoms in total. The van der Waals surface area contributed by atoms with Crippen LogP contribution in [0.2, 0.25) is 0 Å². The summed E-state index contributed by atoms with van der Waals surface area (Å²) in [4.78, 5) is 31.7. The number of hydrogen-bond donors (Lipinski definition) is 0. The predicted molar refractivity (Wildman–Crippen MR) is 125 cm³/mol. The van der Waals surface area contributed by atoms with Crippen molar-refractivity contribution >= 4 is 16.9 Å². The Bertz CT molecular complexity index is 1460. The lowest BCUT2D eigenvalue weighted by Gasteiger charge is -2.34. The summed E-state index contributed by atoms with van der Waals surface area (Å²) in [6.45, 7) is 2.44. The minimum absolute atomic E-state index is 0.169. The number of hydrogen-bond acceptors (Lipinski definition) is 6. The average molecular weight is 498 g/mol. The van der Waals surface area contributed by atoms with E-state index in [0.717, 1.165) is 11.6 Å². The smallest absolute Gasteiger partial charge is 0.368 e. The van der Waals surface area contributed by atoms with Crippen LogP contribution in [0.25, 0.3) is 11.2 Å². The molecule has 1 aliphatic heterocycles. The zero-order chi connectivity index (χ0) is 25.4. The molecule has 4 aromatic rings. The number of nitrogens with zero attached hydrogens (tertiary/aromatic N) is 6. The second-order valence-electron chi connectivity index (χ2n) is 8.78. The number of aryl methyl sites for hydroxylation is 1. The van der Waals surface area contributed by atoms with Crippen molar-refractivity contribution in [1.82, 2.24) is 24.5 Å². The summed E-state index contributed by atoms with van der Waals surface area (Å²) in [7, 11) is 0. The second-order valence-corrected chi connectivity index (χ2v) is 8.78. The molecule has 5 rings (SSSR count). The number of halogens is 4. The van der Waals surface area contributed by atoms with Gasteiger partial charge in [-0.2, -0.15) is 17.6 Å². The zero-order valence-electron chi connectivity index (χ0n) is 19.3. The number of anilines is 1. The quantitative estimate of drug-likeness (QED) is 0.305. The minimum Gasteiger partial charge on any atom is -0.368 e. The van der Waals surface area contributed by atoms with Crippen LogP contribution < -0.4 is 10.5 Å². The molecule has 0 saturated carbocycles. The molecule has 0 aromatic carbocycles. The number of piperidine rings is 1. The summed E-state index contributed by atoms with van der Waals surface area (Å²) in [5.41, 5.74) is 0.686. The zero-order valence-corrected chi connectivity index (χ0v) is 19.3. The molecule has 0 unspecified atom stereocenters. The third-order valence-corrected chi connectivity index (χ3v) is 6.58. The van der Waals surface area contributed by atoms with Crippen molar-refractivity contribution in [3.05, 3.63) is 87.7 Å². The van der Waals surface area contributed by atoms with Crippen LogP contribution in [0, 0.1) is 12.9 Å². The lowest BCUT2D eigenvalue weighted by atomic mass is 9.89. The van der Waals surface area contributed by atoms with Crippen molar-refractivity contribution < 1.29 is 17.6 Å². The normalized spacial score (nSPS) is 15.0. The van der Waals surface area contributed by atoms with E-state index in [9.17, 15) is 22.4 Å². The Morgan fingerprint density at radius 2 is 1.75 bits per heavy atom. The molecule has 1 saturated heterocycles. The van der Waals surface area contributed by atoms with Crippen LogP contribution in [0.3, 0.4) is 0 Å². The maximum atomic E-state index is 14.4. The van der Waals surface area contributed by atoms with E-state index in [0.29, 0.717) is 42.7 Å². The van der Waals surface area contributed by atoms with Gasteiger partial charge in [0.25, 0.3) is 5.56 Å². The van der Waals surface area contributed by atoms with Gasteiger partial charge in [-0.1, -0.05) is 0 Å². The summed E-state index contributed by atoms with van der Waals surface area (Å²) in [5.74, 6) is -0.704. The molecule has 0 amide bonds. The summed E-state index contributed by atoms with van der Waals surface area (Å²) < 4.78 is 56.3. The number of aromatic nitrogens is 5. The van der Waals surface area contributed by atoms with Gasteiger partial charge in [0, 0.05) is 43.4 Å². The van der Waals surface area contributed by atoms with E-state index in [1.54, 1.807) is 12.1 Å². The molecule has 1 fully saturated rings. The molecule has 0 bridgehead atoms. The molecule has 1 aliphatic rings. The first kappa shape index (κ1) is 23.8. The van der Waals surface area contributed by atoms with Crippen LogP contribution in [0.5, 0.6) is 0 Å². The fourth-order valence-electron chi connectivity index (χ4n) is 4.83. The lowest BCUT2D eigenvalue weighted by Crippen LogP contribution is -2.36. The Morgan fingerprint density at radius 1 is 1.00 bits per heavy atom. The Labute approximate surface area is 203 Å². The number of fused-ring (bicyclic) bond motifs is 1. The van der Waals surface area contributed by atoms with E-state index in [1.165, 1.54) is 35.4 Å². The van der Waals surface area contributed by atoms with E-state index in [2.05, 4.69) is 19.9 Å². The number of pyridine rings is 3. The van der Waals surface area contributed by atoms with Crippen molar-refractivity contribution in [2.75, 3.05) is 18.0 Å². The largest absolute Gasteiger partial charge is 0.418 e. The van der Waals surface area contributed by atoms with E-state index < -0.39 is 29.8 Å². The monoisotopic (exact) mass is 498 g/mol. The van der Waals surface area contributed by atoms with Gasteiger partial charge in [-0.15, -0.1) is 0 Å². The summed E-state index contributed by atoms with van der Waals surface area (Å²) in [6.07, 6.45) is 2.06. The van der Waals surface area contributed by atoms with Crippen molar-refractivity contribution in [2.24, 2.45) is 0 Å². The van der Waals surface area contributed by atoms with Crippen LogP contribution in [-0.2, 0) is 12.7 Å². The number of alkyl halides is 3. The van der Waals surface area contributed by atoms with E-state index in [-0.39, 0.29) is 17.3 Å². The van der Waals surface area contributed by atoms with Gasteiger partial charge in [0.05, 0.1) is 23.5 Å². The van der Waals surface area contributed by atoms with Crippen molar-refractivity contribution in [3.63, 3.8) is 0 Å². The maximum Gasteiger partial charge on any atom is 0.418 e. The molecule has 36 heavy (non-hydrogen) atoms. The van der Waals surface area contributed by atoms with Crippen LogP contribution in [0.4, 0.5) is 23.2 Å². The van der Waals surface area contributed by atoms with Gasteiger partial charge in [-0.25, -0.2) is 9.97 Å². The lowest BCUT2D eigenvalue weighted by molar-refractivity contribution is -0.138. The SMILES string of the molecule is Cc1ccnc(F)c1N1CCC(c2cc3nccnc3n(Cc3ncccc3C(F)(F)F)c2=O)CC1. The topological polar surface area (TPSA) is 76.8 Å². The predicted octanol–water partition coefficient (Wildman–Crippen LogP) is 4.48. The summed E-state index contributed by atoms with van der Waals surface area (Å²) in [5, 5.41) is 0. The first-order valence-corrected chi connectivity index (χ1v) is 11.5. The van der Waals surface area contributed by atoms with Crippen LogP contribution in [-0.4, -0.2) is 37.6 Å². The fraction of sp³-hybridized carbons (Fsp3) is 0.320. The Morgan fingerprint density at radius 3 is 2.47 bits per heavy atom. The van der Waals surface area contributed by atoms with Crippen molar-refractivity contribution in [3.8, 4) is 0 Å². The summed E-state index contributed by atoms with van der Waals surface area (Å²) >= 11 is 0. The van der Waals surface area contributed by atoms with Crippen LogP contribution >= 0.6 is 0 Å². The van der Waals surface area contributed by atoms with Gasteiger partial charge in [-0.05, 0) is 55.5 Å². The highest BCUT2D eigenvalue weighted by atomic mass is 19.4. The molecule has 11 heteroatoms.